The zero-order chi connectivity index (χ0) is 19.7. The molecule has 3 heteroatoms. The van der Waals surface area contributed by atoms with Crippen molar-refractivity contribution in [1.82, 2.24) is 5.32 Å². The van der Waals surface area contributed by atoms with Gasteiger partial charge in [0.05, 0.1) is 0 Å². The highest BCUT2D eigenvalue weighted by atomic mass is 16.1. The van der Waals surface area contributed by atoms with Gasteiger partial charge in [0.2, 0.25) is 6.41 Å². The van der Waals surface area contributed by atoms with Gasteiger partial charge in [0.1, 0.15) is 6.29 Å². The van der Waals surface area contributed by atoms with Gasteiger partial charge in [-0.2, -0.15) is 0 Å². The minimum atomic E-state index is 0.560. The fraction of sp³-hybridized carbons (Fsp3) is 0.652. The van der Waals surface area contributed by atoms with Crippen LogP contribution in [-0.4, -0.2) is 19.2 Å². The maximum absolute atomic E-state index is 9.60. The van der Waals surface area contributed by atoms with E-state index in [0.29, 0.717) is 5.92 Å². The molecule has 3 nitrogen and oxygen atoms in total. The molecule has 1 saturated carbocycles. The van der Waals surface area contributed by atoms with Crippen molar-refractivity contribution in [2.45, 2.75) is 72.6 Å². The molecule has 0 heterocycles. The molecule has 1 aromatic carbocycles. The van der Waals surface area contributed by atoms with E-state index in [9.17, 15) is 4.79 Å². The summed E-state index contributed by atoms with van der Waals surface area (Å²) < 4.78 is 0. The van der Waals surface area contributed by atoms with Crippen LogP contribution in [0.3, 0.4) is 0 Å². The van der Waals surface area contributed by atoms with E-state index in [2.05, 4.69) is 58.1 Å². The van der Waals surface area contributed by atoms with Gasteiger partial charge in [-0.1, -0.05) is 52.3 Å². The van der Waals surface area contributed by atoms with E-state index < -0.39 is 0 Å². The summed E-state index contributed by atoms with van der Waals surface area (Å²) in [6, 6.07) is 6.93. The van der Waals surface area contributed by atoms with Gasteiger partial charge < -0.3 is 10.1 Å². The Hall–Kier alpha value is -1.64. The van der Waals surface area contributed by atoms with Crippen molar-refractivity contribution in [2.75, 3.05) is 6.54 Å². The molecule has 0 bridgehead atoms. The van der Waals surface area contributed by atoms with Crippen molar-refractivity contribution >= 4 is 12.7 Å². The van der Waals surface area contributed by atoms with Crippen LogP contribution in [0.25, 0.3) is 0 Å². The standard InChI is InChI=1S/C16H22.C5H11NO.C2H4O/c1-10-7-8-13-14-6-4-5-11(2)16(14)12(3)15(13)9-10;1-5(2)3-6-4-7;1-2-3/h4-6,10,12-13,15H,7-9H2,1-3H3;4-5H,3H2,1-2H3,(H,6,7);2H,1H3. The smallest absolute Gasteiger partial charge is 0.207 e. The number of hydrogen-bond donors (Lipinski definition) is 1. The molecule has 4 unspecified atom stereocenters. The van der Waals surface area contributed by atoms with Crippen molar-refractivity contribution in [3.05, 3.63) is 34.9 Å². The number of aldehydes is 1. The Morgan fingerprint density at radius 1 is 1.19 bits per heavy atom. The Balaban J connectivity index is 0.000000286. The summed E-state index contributed by atoms with van der Waals surface area (Å²) in [6.07, 6.45) is 5.77. The predicted octanol–water partition coefficient (Wildman–Crippen LogP) is 5.23. The average molecular weight is 360 g/mol. The van der Waals surface area contributed by atoms with Gasteiger partial charge >= 0.3 is 0 Å². The van der Waals surface area contributed by atoms with Crippen LogP contribution in [0, 0.1) is 24.7 Å². The van der Waals surface area contributed by atoms with Gasteiger partial charge in [0.15, 0.2) is 0 Å². The molecule has 0 spiro atoms. The van der Waals surface area contributed by atoms with Crippen molar-refractivity contribution in [3.63, 3.8) is 0 Å². The van der Waals surface area contributed by atoms with Crippen LogP contribution in [0.4, 0.5) is 0 Å². The van der Waals surface area contributed by atoms with Gasteiger partial charge in [0.25, 0.3) is 0 Å². The monoisotopic (exact) mass is 359 g/mol. The molecule has 1 N–H and O–H groups in total. The number of carbonyl (C=O) groups is 2. The fourth-order valence-corrected chi connectivity index (χ4v) is 4.51. The first kappa shape index (κ1) is 22.4. The van der Waals surface area contributed by atoms with Crippen molar-refractivity contribution in [3.8, 4) is 0 Å². The Morgan fingerprint density at radius 3 is 2.38 bits per heavy atom. The third-order valence-electron chi connectivity index (χ3n) is 5.63. The molecule has 1 fully saturated rings. The van der Waals surface area contributed by atoms with Crippen molar-refractivity contribution in [1.29, 1.82) is 0 Å². The van der Waals surface area contributed by atoms with Crippen LogP contribution < -0.4 is 5.32 Å². The molecule has 3 rings (SSSR count). The molecular formula is C23H37NO2. The molecule has 146 valence electrons. The molecule has 26 heavy (non-hydrogen) atoms. The summed E-state index contributed by atoms with van der Waals surface area (Å²) in [7, 11) is 0. The average Bonchev–Trinajstić information content (AvgIpc) is 2.88. The molecule has 0 saturated heterocycles. The second-order valence-corrected chi connectivity index (χ2v) is 8.21. The Kier molecular flexibility index (Phi) is 9.61. The highest BCUT2D eigenvalue weighted by molar-refractivity contribution is 5.46. The minimum Gasteiger partial charge on any atom is -0.358 e. The first-order valence-electron chi connectivity index (χ1n) is 10.0. The van der Waals surface area contributed by atoms with Gasteiger partial charge in [-0.3, -0.25) is 4.79 Å². The quantitative estimate of drug-likeness (QED) is 0.752. The van der Waals surface area contributed by atoms with E-state index in [-0.39, 0.29) is 0 Å². The van der Waals surface area contributed by atoms with E-state index in [1.54, 1.807) is 11.1 Å². The maximum atomic E-state index is 9.60. The molecule has 4 atom stereocenters. The zero-order valence-electron chi connectivity index (χ0n) is 17.4. The molecule has 0 aliphatic heterocycles. The zero-order valence-corrected chi connectivity index (χ0v) is 17.4. The third-order valence-corrected chi connectivity index (χ3v) is 5.63. The number of rotatable bonds is 3. The summed E-state index contributed by atoms with van der Waals surface area (Å²) in [5, 5.41) is 2.57. The second kappa shape index (κ2) is 11.2. The highest BCUT2D eigenvalue weighted by Gasteiger charge is 2.41. The third kappa shape index (κ3) is 5.96. The summed E-state index contributed by atoms with van der Waals surface area (Å²) >= 11 is 0. The number of fused-ring (bicyclic) bond motifs is 3. The van der Waals surface area contributed by atoms with Crippen LogP contribution in [0.5, 0.6) is 0 Å². The number of nitrogens with one attached hydrogen (secondary N) is 1. The highest BCUT2D eigenvalue weighted by Crippen LogP contribution is 2.54. The first-order valence-corrected chi connectivity index (χ1v) is 10.0. The number of hydrogen-bond acceptors (Lipinski definition) is 2. The minimum absolute atomic E-state index is 0.560. The lowest BCUT2D eigenvalue weighted by Crippen LogP contribution is -2.20. The van der Waals surface area contributed by atoms with Crippen LogP contribution >= 0.6 is 0 Å². The molecule has 0 aromatic heterocycles. The summed E-state index contributed by atoms with van der Waals surface area (Å²) in [5.74, 6) is 4.11. The van der Waals surface area contributed by atoms with Crippen molar-refractivity contribution in [2.24, 2.45) is 17.8 Å². The molecule has 2 aliphatic carbocycles. The van der Waals surface area contributed by atoms with E-state index in [1.165, 1.54) is 31.7 Å². The molecule has 1 amide bonds. The molecule has 0 radical (unpaired) electrons. The number of carbonyl (C=O) groups excluding carboxylic acids is 2. The van der Waals surface area contributed by atoms with Gasteiger partial charge in [-0.15, -0.1) is 0 Å². The Morgan fingerprint density at radius 2 is 1.85 bits per heavy atom. The summed E-state index contributed by atoms with van der Waals surface area (Å²) in [6.45, 7) is 13.5. The number of aryl methyl sites for hydroxylation is 1. The number of amides is 1. The van der Waals surface area contributed by atoms with Crippen LogP contribution in [0.2, 0.25) is 0 Å². The van der Waals surface area contributed by atoms with Crippen molar-refractivity contribution < 1.29 is 9.59 Å². The molecular weight excluding hydrogens is 322 g/mol. The Labute approximate surface area is 160 Å². The van der Waals surface area contributed by atoms with E-state index in [1.807, 2.05) is 0 Å². The molecule has 2 aliphatic rings. The van der Waals surface area contributed by atoms with Gasteiger partial charge in [-0.05, 0) is 73.0 Å². The van der Waals surface area contributed by atoms with E-state index in [4.69, 9.17) is 4.79 Å². The Bertz CT molecular complexity index is 567. The van der Waals surface area contributed by atoms with E-state index >= 15 is 0 Å². The van der Waals surface area contributed by atoms with Gasteiger partial charge in [0, 0.05) is 6.54 Å². The predicted molar refractivity (Wildman–Crippen MR) is 109 cm³/mol. The lowest BCUT2D eigenvalue weighted by Gasteiger charge is -2.32. The fourth-order valence-electron chi connectivity index (χ4n) is 4.51. The van der Waals surface area contributed by atoms with Crippen LogP contribution in [0.15, 0.2) is 18.2 Å². The topological polar surface area (TPSA) is 46.2 Å². The second-order valence-electron chi connectivity index (χ2n) is 8.21. The molecule has 1 aromatic rings. The van der Waals surface area contributed by atoms with Gasteiger partial charge in [-0.25, -0.2) is 0 Å². The number of benzene rings is 1. The SMILES string of the molecule is CC(C)CNC=O.CC=O.Cc1cccc2c1C(C)C1CC(C)CCC21. The lowest BCUT2D eigenvalue weighted by atomic mass is 9.72. The largest absolute Gasteiger partial charge is 0.358 e. The summed E-state index contributed by atoms with van der Waals surface area (Å²) in [4.78, 5) is 18.4. The summed E-state index contributed by atoms with van der Waals surface area (Å²) in [5.41, 5.74) is 4.89. The first-order chi connectivity index (χ1) is 12.4. The maximum Gasteiger partial charge on any atom is 0.207 e. The van der Waals surface area contributed by atoms with Crippen LogP contribution in [-0.2, 0) is 9.59 Å². The van der Waals surface area contributed by atoms with Crippen LogP contribution in [0.1, 0.15) is 82.4 Å². The lowest BCUT2D eigenvalue weighted by molar-refractivity contribution is -0.109. The van der Waals surface area contributed by atoms with E-state index in [0.717, 1.165) is 42.9 Å². The normalized spacial score (nSPS) is 25.7.